The summed E-state index contributed by atoms with van der Waals surface area (Å²) in [5.74, 6) is 2.22. The molecule has 0 radical (unpaired) electrons. The van der Waals surface area contributed by atoms with E-state index in [4.69, 9.17) is 18.9 Å². The summed E-state index contributed by atoms with van der Waals surface area (Å²) in [6.07, 6.45) is 8.71. The van der Waals surface area contributed by atoms with Crippen LogP contribution in [0.5, 0.6) is 17.2 Å². The van der Waals surface area contributed by atoms with Crippen molar-refractivity contribution >= 4 is 5.97 Å². The molecule has 6 nitrogen and oxygen atoms in total. The van der Waals surface area contributed by atoms with Crippen molar-refractivity contribution in [3.05, 3.63) is 77.1 Å². The standard InChI is InChI=1S/C34H38FNO5/c1-21-4-3-12-34(2)16-32-27(15-29(21)34)28(33(37)41-32)18-36-13-11-26(22-5-7-24(35)8-6-22)23(17-36)19-38-25-9-10-30-31(14-25)40-20-39-30/h4-10,14-15,23,26-28,32H,3,11-13,16-20H2,1-2H3. The number of nitrogens with zero attached hydrogens (tertiary/aromatic N) is 1. The van der Waals surface area contributed by atoms with Crippen LogP contribution < -0.4 is 14.2 Å². The van der Waals surface area contributed by atoms with Crippen molar-refractivity contribution in [3.8, 4) is 17.2 Å². The Hall–Kier alpha value is -3.32. The Balaban J connectivity index is 1.09. The van der Waals surface area contributed by atoms with Crippen molar-refractivity contribution in [3.63, 3.8) is 0 Å². The number of benzene rings is 2. The van der Waals surface area contributed by atoms with Crippen molar-refractivity contribution in [2.45, 2.75) is 51.6 Å². The first-order valence-electron chi connectivity index (χ1n) is 15.0. The molecule has 6 atom stereocenters. The Morgan fingerprint density at radius 2 is 1.95 bits per heavy atom. The Morgan fingerprint density at radius 3 is 2.80 bits per heavy atom. The number of ether oxygens (including phenoxy) is 4. The van der Waals surface area contributed by atoms with Crippen LogP contribution in [-0.4, -0.2) is 50.0 Å². The highest BCUT2D eigenvalue weighted by molar-refractivity contribution is 5.76. The molecule has 0 amide bonds. The second-order valence-electron chi connectivity index (χ2n) is 12.7. The molecule has 3 heterocycles. The SMILES string of the molecule is CC1=CCCC2(C)CC3OC(=O)C(CN4CCC(c5ccc(F)cc5)C(COc5ccc6c(c5)OCO6)C4)C3C=C12. The zero-order valence-corrected chi connectivity index (χ0v) is 23.8. The Kier molecular flexibility index (Phi) is 6.81. The average Bonchev–Trinajstić information content (AvgIpc) is 3.54. The van der Waals surface area contributed by atoms with Crippen LogP contribution in [0, 0.1) is 29.0 Å². The van der Waals surface area contributed by atoms with Gasteiger partial charge in [0.15, 0.2) is 11.5 Å². The molecule has 2 aliphatic carbocycles. The van der Waals surface area contributed by atoms with Gasteiger partial charge in [0.05, 0.1) is 12.5 Å². The highest BCUT2D eigenvalue weighted by Gasteiger charge is 2.51. The molecule has 41 heavy (non-hydrogen) atoms. The topological polar surface area (TPSA) is 57.2 Å². The minimum Gasteiger partial charge on any atom is -0.493 e. The van der Waals surface area contributed by atoms with Gasteiger partial charge in [-0.25, -0.2) is 4.39 Å². The molecule has 2 aromatic rings. The molecule has 3 aliphatic heterocycles. The average molecular weight is 560 g/mol. The van der Waals surface area contributed by atoms with Crippen LogP contribution in [0.2, 0.25) is 0 Å². The zero-order chi connectivity index (χ0) is 28.1. The van der Waals surface area contributed by atoms with Crippen LogP contribution in [0.15, 0.2) is 65.8 Å². The van der Waals surface area contributed by atoms with Gasteiger partial charge >= 0.3 is 5.97 Å². The molecule has 2 fully saturated rings. The number of fused-ring (bicyclic) bond motifs is 3. The molecule has 2 aromatic carbocycles. The number of piperidine rings is 1. The number of carbonyl (C=O) groups is 1. The van der Waals surface area contributed by atoms with Gasteiger partial charge in [-0.15, -0.1) is 0 Å². The van der Waals surface area contributed by atoms with Crippen LogP contribution in [0.4, 0.5) is 4.39 Å². The summed E-state index contributed by atoms with van der Waals surface area (Å²) in [4.78, 5) is 15.6. The van der Waals surface area contributed by atoms with E-state index in [1.54, 1.807) is 0 Å². The second kappa shape index (κ2) is 10.5. The van der Waals surface area contributed by atoms with Crippen LogP contribution in [-0.2, 0) is 9.53 Å². The van der Waals surface area contributed by atoms with Gasteiger partial charge in [0.2, 0.25) is 6.79 Å². The summed E-state index contributed by atoms with van der Waals surface area (Å²) < 4.78 is 37.0. The van der Waals surface area contributed by atoms with E-state index >= 15 is 0 Å². The first kappa shape index (κ1) is 26.6. The van der Waals surface area contributed by atoms with E-state index in [9.17, 15) is 9.18 Å². The van der Waals surface area contributed by atoms with Gasteiger partial charge in [-0.05, 0) is 85.9 Å². The lowest BCUT2D eigenvalue weighted by Gasteiger charge is -2.43. The Labute approximate surface area is 241 Å². The Bertz CT molecular complexity index is 1390. The van der Waals surface area contributed by atoms with Gasteiger partial charge in [0, 0.05) is 31.0 Å². The molecule has 5 aliphatic rings. The quantitative estimate of drug-likeness (QED) is 0.389. The fourth-order valence-corrected chi connectivity index (χ4v) is 7.88. The number of halogens is 1. The maximum absolute atomic E-state index is 13.7. The molecule has 7 rings (SSSR count). The van der Waals surface area contributed by atoms with Crippen LogP contribution >= 0.6 is 0 Å². The molecule has 0 saturated carbocycles. The maximum atomic E-state index is 13.7. The number of allylic oxidation sites excluding steroid dienone is 3. The van der Waals surface area contributed by atoms with Crippen LogP contribution in [0.25, 0.3) is 0 Å². The van der Waals surface area contributed by atoms with Gasteiger partial charge in [-0.1, -0.05) is 36.8 Å². The van der Waals surface area contributed by atoms with E-state index in [0.29, 0.717) is 18.9 Å². The summed E-state index contributed by atoms with van der Waals surface area (Å²) in [6.45, 7) is 7.61. The van der Waals surface area contributed by atoms with Crippen molar-refractivity contribution in [1.82, 2.24) is 4.90 Å². The van der Waals surface area contributed by atoms with E-state index in [1.807, 2.05) is 30.3 Å². The van der Waals surface area contributed by atoms with Crippen molar-refractivity contribution in [2.24, 2.45) is 23.2 Å². The minimum atomic E-state index is -0.227. The van der Waals surface area contributed by atoms with E-state index in [1.165, 1.54) is 23.3 Å². The lowest BCUT2D eigenvalue weighted by Crippen LogP contribution is -2.45. The smallest absolute Gasteiger partial charge is 0.311 e. The summed E-state index contributed by atoms with van der Waals surface area (Å²) >= 11 is 0. The lowest BCUT2D eigenvalue weighted by molar-refractivity contribution is -0.145. The van der Waals surface area contributed by atoms with Crippen molar-refractivity contribution in [1.29, 1.82) is 0 Å². The Morgan fingerprint density at radius 1 is 1.12 bits per heavy atom. The number of hydrogen-bond acceptors (Lipinski definition) is 6. The molecule has 0 bridgehead atoms. The molecule has 216 valence electrons. The molecule has 0 spiro atoms. The second-order valence-corrected chi connectivity index (χ2v) is 12.7. The molecule has 6 unspecified atom stereocenters. The number of esters is 1. The van der Waals surface area contributed by atoms with E-state index in [2.05, 4.69) is 30.9 Å². The van der Waals surface area contributed by atoms with Gasteiger partial charge in [0.25, 0.3) is 0 Å². The monoisotopic (exact) mass is 559 g/mol. The third kappa shape index (κ3) is 5.03. The number of rotatable bonds is 6. The summed E-state index contributed by atoms with van der Waals surface area (Å²) in [6, 6.07) is 12.5. The summed E-state index contributed by atoms with van der Waals surface area (Å²) in [7, 11) is 0. The fraction of sp³-hybridized carbons (Fsp3) is 0.500. The summed E-state index contributed by atoms with van der Waals surface area (Å²) in [5, 5.41) is 0. The first-order chi connectivity index (χ1) is 19.9. The third-order valence-electron chi connectivity index (χ3n) is 10.1. The fourth-order valence-electron chi connectivity index (χ4n) is 7.88. The van der Waals surface area contributed by atoms with E-state index in [-0.39, 0.29) is 53.8 Å². The summed E-state index contributed by atoms with van der Waals surface area (Å²) in [5.41, 5.74) is 4.00. The molecular formula is C34H38FNO5. The zero-order valence-electron chi connectivity index (χ0n) is 23.8. The van der Waals surface area contributed by atoms with Gasteiger partial charge in [-0.2, -0.15) is 0 Å². The predicted molar refractivity (Wildman–Crippen MR) is 152 cm³/mol. The van der Waals surface area contributed by atoms with E-state index < -0.39 is 0 Å². The third-order valence-corrected chi connectivity index (χ3v) is 10.1. The van der Waals surface area contributed by atoms with Crippen molar-refractivity contribution < 1.29 is 28.1 Å². The maximum Gasteiger partial charge on any atom is 0.311 e. The first-order valence-corrected chi connectivity index (χ1v) is 15.0. The number of hydrogen-bond donors (Lipinski definition) is 0. The van der Waals surface area contributed by atoms with Gasteiger partial charge < -0.3 is 23.8 Å². The molecule has 2 saturated heterocycles. The molecular weight excluding hydrogens is 521 g/mol. The van der Waals surface area contributed by atoms with Crippen LogP contribution in [0.1, 0.15) is 51.0 Å². The largest absolute Gasteiger partial charge is 0.493 e. The predicted octanol–water partition coefficient (Wildman–Crippen LogP) is 6.27. The number of carbonyl (C=O) groups excluding carboxylic acids is 1. The lowest BCUT2D eigenvalue weighted by atomic mass is 9.62. The van der Waals surface area contributed by atoms with Gasteiger partial charge in [0.1, 0.15) is 17.7 Å². The van der Waals surface area contributed by atoms with Crippen LogP contribution in [0.3, 0.4) is 0 Å². The minimum absolute atomic E-state index is 0.0333. The van der Waals surface area contributed by atoms with Crippen molar-refractivity contribution in [2.75, 3.05) is 33.0 Å². The molecule has 0 aromatic heterocycles. The number of likely N-dealkylation sites (tertiary alicyclic amines) is 1. The highest BCUT2D eigenvalue weighted by Crippen LogP contribution is 2.52. The van der Waals surface area contributed by atoms with Gasteiger partial charge in [-0.3, -0.25) is 4.79 Å². The molecule has 0 N–H and O–H groups in total. The molecule has 7 heteroatoms. The van der Waals surface area contributed by atoms with E-state index in [0.717, 1.165) is 55.8 Å². The normalized spacial score (nSPS) is 32.5. The highest BCUT2D eigenvalue weighted by atomic mass is 19.1.